The molecule has 1 aromatic heterocycles. The fourth-order valence-electron chi connectivity index (χ4n) is 3.37. The zero-order valence-electron chi connectivity index (χ0n) is 16.3. The molecule has 3 nitrogen and oxygen atoms in total. The summed E-state index contributed by atoms with van der Waals surface area (Å²) in [6, 6.07) is 18.8. The Morgan fingerprint density at radius 2 is 1.52 bits per heavy atom. The molecule has 0 spiro atoms. The first-order valence-corrected chi connectivity index (χ1v) is 9.32. The molecule has 0 atom stereocenters. The van der Waals surface area contributed by atoms with Gasteiger partial charge < -0.3 is 9.76 Å². The van der Waals surface area contributed by atoms with Crippen molar-refractivity contribution in [2.45, 2.75) is 38.9 Å². The van der Waals surface area contributed by atoms with Crippen LogP contribution in [0.2, 0.25) is 0 Å². The van der Waals surface area contributed by atoms with Crippen LogP contribution in [0.25, 0.3) is 32.4 Å². The summed E-state index contributed by atoms with van der Waals surface area (Å²) in [7, 11) is 0.431. The fraction of sp³-hybridized carbons (Fsp3) is 0.261. The number of rotatable bonds is 4. The molecule has 0 aliphatic rings. The zero-order valence-corrected chi connectivity index (χ0v) is 16.3. The summed E-state index contributed by atoms with van der Waals surface area (Å²) in [5.41, 5.74) is 0.511. The standard InChI is InChI=1S/C23H24BNO2/c1-22(2,26)23(3,4)27-24-19-13-15-14-25-20-12-8-7-11-18(20)21(15)17-10-6-5-9-16(17)19/h5-14,24,26H,1-4H3. The van der Waals surface area contributed by atoms with Crippen molar-refractivity contribution in [2.75, 3.05) is 0 Å². The van der Waals surface area contributed by atoms with Gasteiger partial charge in [0.2, 0.25) is 0 Å². The third kappa shape index (κ3) is 3.09. The quantitative estimate of drug-likeness (QED) is 0.442. The van der Waals surface area contributed by atoms with Crippen LogP contribution in [-0.2, 0) is 4.65 Å². The maximum atomic E-state index is 10.4. The minimum absolute atomic E-state index is 0.431. The highest BCUT2D eigenvalue weighted by Gasteiger charge is 2.35. The minimum Gasteiger partial charge on any atom is -0.427 e. The second kappa shape index (κ2) is 6.33. The van der Waals surface area contributed by atoms with E-state index in [0.29, 0.717) is 7.48 Å². The Labute approximate surface area is 160 Å². The zero-order chi connectivity index (χ0) is 19.2. The lowest BCUT2D eigenvalue weighted by Crippen LogP contribution is -2.49. The SMILES string of the molecule is CC(C)(O)C(C)(C)OBc1cc2cnc3ccccc3c2c2ccccc12. The van der Waals surface area contributed by atoms with E-state index < -0.39 is 11.2 Å². The summed E-state index contributed by atoms with van der Waals surface area (Å²) in [5.74, 6) is 0. The highest BCUT2D eigenvalue weighted by molar-refractivity contribution is 6.53. The minimum atomic E-state index is -0.933. The van der Waals surface area contributed by atoms with Gasteiger partial charge in [0.05, 0.1) is 16.7 Å². The molecule has 4 rings (SSSR count). The predicted molar refractivity (Wildman–Crippen MR) is 115 cm³/mol. The highest BCUT2D eigenvalue weighted by Crippen LogP contribution is 2.30. The molecule has 0 aliphatic carbocycles. The molecule has 0 unspecified atom stereocenters. The van der Waals surface area contributed by atoms with Crippen molar-refractivity contribution >= 4 is 45.4 Å². The maximum Gasteiger partial charge on any atom is 0.310 e. The van der Waals surface area contributed by atoms with E-state index in [0.717, 1.165) is 21.8 Å². The van der Waals surface area contributed by atoms with Gasteiger partial charge in [-0.2, -0.15) is 0 Å². The second-order valence-electron chi connectivity index (χ2n) is 8.18. The van der Waals surface area contributed by atoms with E-state index in [2.05, 4.69) is 47.4 Å². The molecule has 4 heteroatoms. The first kappa shape index (κ1) is 18.0. The van der Waals surface area contributed by atoms with E-state index in [9.17, 15) is 5.11 Å². The Morgan fingerprint density at radius 1 is 0.889 bits per heavy atom. The molecule has 4 aromatic rings. The Balaban J connectivity index is 1.91. The number of para-hydroxylation sites is 1. The first-order chi connectivity index (χ1) is 12.8. The Hall–Kier alpha value is -2.43. The van der Waals surface area contributed by atoms with E-state index in [4.69, 9.17) is 4.65 Å². The van der Waals surface area contributed by atoms with E-state index >= 15 is 0 Å². The third-order valence-corrected chi connectivity index (χ3v) is 5.74. The van der Waals surface area contributed by atoms with Gasteiger partial charge in [0.1, 0.15) is 0 Å². The topological polar surface area (TPSA) is 42.4 Å². The van der Waals surface area contributed by atoms with Crippen LogP contribution in [0.5, 0.6) is 0 Å². The molecule has 0 amide bonds. The molecule has 0 aliphatic heterocycles. The van der Waals surface area contributed by atoms with Gasteiger partial charge in [0.25, 0.3) is 0 Å². The van der Waals surface area contributed by atoms with Crippen molar-refractivity contribution in [3.63, 3.8) is 0 Å². The number of nitrogens with zero attached hydrogens (tertiary/aromatic N) is 1. The van der Waals surface area contributed by atoms with Gasteiger partial charge in [-0.05, 0) is 50.0 Å². The van der Waals surface area contributed by atoms with E-state index in [1.807, 2.05) is 32.2 Å². The van der Waals surface area contributed by atoms with Crippen LogP contribution in [0, 0.1) is 0 Å². The summed E-state index contributed by atoms with van der Waals surface area (Å²) in [5, 5.41) is 16.3. The first-order valence-electron chi connectivity index (χ1n) is 9.32. The average Bonchev–Trinajstić information content (AvgIpc) is 2.64. The third-order valence-electron chi connectivity index (χ3n) is 5.74. The Morgan fingerprint density at radius 3 is 2.22 bits per heavy atom. The molecule has 3 aromatic carbocycles. The molecular weight excluding hydrogens is 333 g/mol. The van der Waals surface area contributed by atoms with Crippen LogP contribution in [0.4, 0.5) is 0 Å². The molecule has 0 saturated heterocycles. The Bertz CT molecular complexity index is 1150. The summed E-state index contributed by atoms with van der Waals surface area (Å²) >= 11 is 0. The highest BCUT2D eigenvalue weighted by atomic mass is 16.5. The van der Waals surface area contributed by atoms with Crippen molar-refractivity contribution in [3.05, 3.63) is 60.8 Å². The van der Waals surface area contributed by atoms with E-state index in [1.54, 1.807) is 13.8 Å². The van der Waals surface area contributed by atoms with Crippen LogP contribution in [-0.4, -0.2) is 28.8 Å². The van der Waals surface area contributed by atoms with Gasteiger partial charge in [-0.1, -0.05) is 48.5 Å². The van der Waals surface area contributed by atoms with Crippen molar-refractivity contribution in [1.82, 2.24) is 4.98 Å². The number of hydrogen-bond donors (Lipinski definition) is 1. The lowest BCUT2D eigenvalue weighted by molar-refractivity contribution is -0.0893. The second-order valence-corrected chi connectivity index (χ2v) is 8.18. The number of hydrogen-bond acceptors (Lipinski definition) is 3. The number of aromatic nitrogens is 1. The van der Waals surface area contributed by atoms with Crippen molar-refractivity contribution in [2.24, 2.45) is 0 Å². The molecule has 27 heavy (non-hydrogen) atoms. The number of aliphatic hydroxyl groups is 1. The van der Waals surface area contributed by atoms with Crippen LogP contribution >= 0.6 is 0 Å². The number of benzene rings is 3. The fourth-order valence-corrected chi connectivity index (χ4v) is 3.37. The van der Waals surface area contributed by atoms with Crippen LogP contribution in [0.1, 0.15) is 27.7 Å². The molecule has 136 valence electrons. The van der Waals surface area contributed by atoms with Gasteiger partial charge in [0.15, 0.2) is 0 Å². The molecule has 0 fully saturated rings. The smallest absolute Gasteiger partial charge is 0.310 e. The number of fused-ring (bicyclic) bond motifs is 5. The van der Waals surface area contributed by atoms with Crippen molar-refractivity contribution in [3.8, 4) is 0 Å². The van der Waals surface area contributed by atoms with Gasteiger partial charge in [-0.15, -0.1) is 0 Å². The maximum absolute atomic E-state index is 10.4. The summed E-state index contributed by atoms with van der Waals surface area (Å²) in [4.78, 5) is 4.62. The Kier molecular flexibility index (Phi) is 4.21. The largest absolute Gasteiger partial charge is 0.427 e. The molecule has 0 bridgehead atoms. The predicted octanol–water partition coefficient (Wildman–Crippen LogP) is 4.08. The number of pyridine rings is 1. The average molecular weight is 357 g/mol. The lowest BCUT2D eigenvalue weighted by Gasteiger charge is -2.37. The summed E-state index contributed by atoms with van der Waals surface area (Å²) in [6.45, 7) is 7.40. The molecule has 0 radical (unpaired) electrons. The van der Waals surface area contributed by atoms with E-state index in [1.165, 1.54) is 16.2 Å². The molecular formula is C23H24BNO2. The van der Waals surface area contributed by atoms with Crippen LogP contribution < -0.4 is 5.46 Å². The van der Waals surface area contributed by atoms with Gasteiger partial charge in [-0.3, -0.25) is 4.98 Å². The van der Waals surface area contributed by atoms with Crippen LogP contribution in [0.3, 0.4) is 0 Å². The van der Waals surface area contributed by atoms with Gasteiger partial charge in [-0.25, -0.2) is 0 Å². The molecule has 1 heterocycles. The van der Waals surface area contributed by atoms with Crippen molar-refractivity contribution in [1.29, 1.82) is 0 Å². The van der Waals surface area contributed by atoms with Gasteiger partial charge in [0, 0.05) is 22.4 Å². The van der Waals surface area contributed by atoms with Crippen LogP contribution in [0.15, 0.2) is 60.8 Å². The normalized spacial score (nSPS) is 12.8. The van der Waals surface area contributed by atoms with E-state index in [-0.39, 0.29) is 0 Å². The molecule has 1 N–H and O–H groups in total. The van der Waals surface area contributed by atoms with Gasteiger partial charge >= 0.3 is 7.48 Å². The lowest BCUT2D eigenvalue weighted by atomic mass is 9.79. The summed E-state index contributed by atoms with van der Waals surface area (Å²) in [6.07, 6.45) is 1.94. The monoisotopic (exact) mass is 357 g/mol. The molecule has 0 saturated carbocycles. The van der Waals surface area contributed by atoms with Crippen molar-refractivity contribution < 1.29 is 9.76 Å². The summed E-state index contributed by atoms with van der Waals surface area (Å²) < 4.78 is 6.15.